The second-order valence-electron chi connectivity index (χ2n) is 5.18. The van der Waals surface area contributed by atoms with Gasteiger partial charge in [-0.05, 0) is 18.2 Å². The number of carbonyl (C=O) groups excluding carboxylic acids is 2. The lowest BCUT2D eigenvalue weighted by molar-refractivity contribution is -0.385. The molecule has 1 aliphatic rings. The normalized spacial score (nSPS) is 14.2. The quantitative estimate of drug-likeness (QED) is 0.691. The highest BCUT2D eigenvalue weighted by atomic mass is 16.6. The van der Waals surface area contributed by atoms with Crippen molar-refractivity contribution in [2.75, 3.05) is 0 Å². The number of nitro benzene ring substituents is 1. The molecule has 0 heterocycles. The van der Waals surface area contributed by atoms with Crippen LogP contribution in [-0.4, -0.2) is 16.5 Å². The summed E-state index contributed by atoms with van der Waals surface area (Å²) < 4.78 is 0. The first-order valence-corrected chi connectivity index (χ1v) is 7.10. The Labute approximate surface area is 137 Å². The molecule has 6 nitrogen and oxygen atoms in total. The van der Waals surface area contributed by atoms with E-state index in [2.05, 4.69) is 0 Å². The van der Waals surface area contributed by atoms with Crippen LogP contribution >= 0.6 is 0 Å². The van der Waals surface area contributed by atoms with Crippen LogP contribution in [-0.2, 0) is 0 Å². The molecule has 0 aliphatic heterocycles. The van der Waals surface area contributed by atoms with Gasteiger partial charge in [0.2, 0.25) is 5.78 Å². The lowest BCUT2D eigenvalue weighted by Gasteiger charge is -2.16. The molecular formula is C18H12N2O4. The standard InChI is InChI=1S/C18H12N2O4/c19-16-14(10-9-11-5-1-4-8-15(11)20(23)24)17(21)12-6-2-3-7-13(12)18(16)22/h1-10H,19H2/b10-9+. The van der Waals surface area contributed by atoms with Crippen molar-refractivity contribution in [2.24, 2.45) is 5.73 Å². The molecule has 118 valence electrons. The van der Waals surface area contributed by atoms with Gasteiger partial charge in [0.05, 0.1) is 16.2 Å². The zero-order chi connectivity index (χ0) is 17.3. The summed E-state index contributed by atoms with van der Waals surface area (Å²) in [7, 11) is 0. The lowest BCUT2D eigenvalue weighted by Crippen LogP contribution is -2.25. The number of hydrogen-bond acceptors (Lipinski definition) is 5. The van der Waals surface area contributed by atoms with Gasteiger partial charge >= 0.3 is 0 Å². The molecule has 0 atom stereocenters. The summed E-state index contributed by atoms with van der Waals surface area (Å²) in [5.41, 5.74) is 6.46. The van der Waals surface area contributed by atoms with E-state index >= 15 is 0 Å². The minimum absolute atomic E-state index is 0.0388. The van der Waals surface area contributed by atoms with Crippen LogP contribution in [0.25, 0.3) is 6.08 Å². The number of nitro groups is 1. The van der Waals surface area contributed by atoms with Gasteiger partial charge in [-0.2, -0.15) is 0 Å². The highest BCUT2D eigenvalue weighted by Gasteiger charge is 2.29. The van der Waals surface area contributed by atoms with E-state index in [1.54, 1.807) is 42.5 Å². The molecule has 2 N–H and O–H groups in total. The highest BCUT2D eigenvalue weighted by molar-refractivity contribution is 6.27. The Kier molecular flexibility index (Phi) is 3.79. The second-order valence-corrected chi connectivity index (χ2v) is 5.18. The summed E-state index contributed by atoms with van der Waals surface area (Å²) in [5, 5.41) is 11.0. The summed E-state index contributed by atoms with van der Waals surface area (Å²) >= 11 is 0. The number of para-hydroxylation sites is 1. The Morgan fingerprint density at radius 2 is 1.46 bits per heavy atom. The number of allylic oxidation sites excluding steroid dienone is 3. The van der Waals surface area contributed by atoms with Gasteiger partial charge in [0, 0.05) is 22.8 Å². The number of nitrogens with two attached hydrogens (primary N) is 1. The Morgan fingerprint density at radius 3 is 2.12 bits per heavy atom. The minimum atomic E-state index is -0.513. The number of carbonyl (C=O) groups is 2. The average Bonchev–Trinajstić information content (AvgIpc) is 2.60. The average molecular weight is 320 g/mol. The largest absolute Gasteiger partial charge is 0.395 e. The minimum Gasteiger partial charge on any atom is -0.395 e. The monoisotopic (exact) mass is 320 g/mol. The van der Waals surface area contributed by atoms with Crippen LogP contribution < -0.4 is 5.73 Å². The molecule has 3 rings (SSSR count). The molecular weight excluding hydrogens is 308 g/mol. The predicted molar refractivity (Wildman–Crippen MR) is 88.4 cm³/mol. The third-order valence-electron chi connectivity index (χ3n) is 3.76. The van der Waals surface area contributed by atoms with E-state index in [9.17, 15) is 19.7 Å². The maximum absolute atomic E-state index is 12.5. The molecule has 0 radical (unpaired) electrons. The highest BCUT2D eigenvalue weighted by Crippen LogP contribution is 2.26. The molecule has 0 saturated carbocycles. The number of fused-ring (bicyclic) bond motifs is 1. The van der Waals surface area contributed by atoms with Crippen molar-refractivity contribution in [1.29, 1.82) is 0 Å². The molecule has 0 aromatic heterocycles. The van der Waals surface area contributed by atoms with Gasteiger partial charge in [-0.25, -0.2) is 0 Å². The molecule has 24 heavy (non-hydrogen) atoms. The zero-order valence-corrected chi connectivity index (χ0v) is 12.4. The van der Waals surface area contributed by atoms with Gasteiger partial charge in [-0.1, -0.05) is 36.4 Å². The summed E-state index contributed by atoms with van der Waals surface area (Å²) in [6, 6.07) is 12.5. The van der Waals surface area contributed by atoms with E-state index in [0.29, 0.717) is 5.56 Å². The van der Waals surface area contributed by atoms with Gasteiger partial charge in [0.1, 0.15) is 0 Å². The second kappa shape index (κ2) is 5.92. The molecule has 6 heteroatoms. The van der Waals surface area contributed by atoms with E-state index in [-0.39, 0.29) is 33.9 Å². The first kappa shape index (κ1) is 15.4. The van der Waals surface area contributed by atoms with Crippen molar-refractivity contribution in [1.82, 2.24) is 0 Å². The Morgan fingerprint density at radius 1 is 0.875 bits per heavy atom. The molecule has 2 aromatic rings. The molecule has 2 aromatic carbocycles. The number of Topliss-reactive ketones (excluding diaryl/α,β-unsaturated/α-hetero) is 2. The van der Waals surface area contributed by atoms with E-state index in [1.165, 1.54) is 18.2 Å². The van der Waals surface area contributed by atoms with Gasteiger partial charge in [-0.15, -0.1) is 0 Å². The van der Waals surface area contributed by atoms with Crippen molar-refractivity contribution in [3.63, 3.8) is 0 Å². The summed E-state index contributed by atoms with van der Waals surface area (Å²) in [4.78, 5) is 35.3. The van der Waals surface area contributed by atoms with Gasteiger partial charge in [0.15, 0.2) is 5.78 Å². The Balaban J connectivity index is 2.05. The topological polar surface area (TPSA) is 103 Å². The van der Waals surface area contributed by atoms with Gasteiger partial charge < -0.3 is 5.73 Å². The maximum Gasteiger partial charge on any atom is 0.276 e. The SMILES string of the molecule is NC1=C(/C=C/c2ccccc2[N+](=O)[O-])C(=O)c2ccccc2C1=O. The maximum atomic E-state index is 12.5. The first-order valence-electron chi connectivity index (χ1n) is 7.10. The number of ketones is 2. The van der Waals surface area contributed by atoms with Crippen LogP contribution in [0.15, 0.2) is 65.9 Å². The smallest absolute Gasteiger partial charge is 0.276 e. The van der Waals surface area contributed by atoms with Crippen LogP contribution in [0.3, 0.4) is 0 Å². The molecule has 0 saturated heterocycles. The van der Waals surface area contributed by atoms with E-state index in [1.807, 2.05) is 0 Å². The van der Waals surface area contributed by atoms with E-state index in [4.69, 9.17) is 5.73 Å². The summed E-state index contributed by atoms with van der Waals surface area (Å²) in [6.45, 7) is 0. The number of hydrogen-bond donors (Lipinski definition) is 1. The van der Waals surface area contributed by atoms with Crippen molar-refractivity contribution >= 4 is 23.3 Å². The van der Waals surface area contributed by atoms with Crippen molar-refractivity contribution in [2.45, 2.75) is 0 Å². The van der Waals surface area contributed by atoms with Crippen LogP contribution in [0.5, 0.6) is 0 Å². The Bertz CT molecular complexity index is 942. The third-order valence-corrected chi connectivity index (χ3v) is 3.76. The molecule has 0 unspecified atom stereocenters. The van der Waals surface area contributed by atoms with Crippen LogP contribution in [0.1, 0.15) is 26.3 Å². The van der Waals surface area contributed by atoms with Gasteiger partial charge in [-0.3, -0.25) is 19.7 Å². The van der Waals surface area contributed by atoms with E-state index in [0.717, 1.165) is 0 Å². The molecule has 0 bridgehead atoms. The Hall–Kier alpha value is -3.54. The first-order chi connectivity index (χ1) is 11.5. The molecule has 0 amide bonds. The summed E-state index contributed by atoms with van der Waals surface area (Å²) in [6.07, 6.45) is 2.77. The summed E-state index contributed by atoms with van der Waals surface area (Å²) in [5.74, 6) is -0.801. The van der Waals surface area contributed by atoms with Crippen LogP contribution in [0.2, 0.25) is 0 Å². The fourth-order valence-corrected chi connectivity index (χ4v) is 2.55. The molecule has 0 fully saturated rings. The predicted octanol–water partition coefficient (Wildman–Crippen LogP) is 2.90. The number of nitrogens with zero attached hydrogens (tertiary/aromatic N) is 1. The fraction of sp³-hybridized carbons (Fsp3) is 0. The van der Waals surface area contributed by atoms with Crippen LogP contribution in [0, 0.1) is 10.1 Å². The molecule has 1 aliphatic carbocycles. The third kappa shape index (κ3) is 2.50. The van der Waals surface area contributed by atoms with Crippen molar-refractivity contribution in [3.05, 3.63) is 92.7 Å². The van der Waals surface area contributed by atoms with Crippen molar-refractivity contribution in [3.8, 4) is 0 Å². The van der Waals surface area contributed by atoms with Crippen LogP contribution in [0.4, 0.5) is 5.69 Å². The van der Waals surface area contributed by atoms with Gasteiger partial charge in [0.25, 0.3) is 5.69 Å². The van der Waals surface area contributed by atoms with Crippen molar-refractivity contribution < 1.29 is 14.5 Å². The molecule has 0 spiro atoms. The number of benzene rings is 2. The lowest BCUT2D eigenvalue weighted by atomic mass is 9.87. The number of rotatable bonds is 3. The fourth-order valence-electron chi connectivity index (χ4n) is 2.55. The van der Waals surface area contributed by atoms with E-state index < -0.39 is 10.7 Å². The zero-order valence-electron chi connectivity index (χ0n) is 12.4.